The summed E-state index contributed by atoms with van der Waals surface area (Å²) in [5.41, 5.74) is 1.05. The molecule has 2 aromatic rings. The molecule has 0 spiro atoms. The van der Waals surface area contributed by atoms with Crippen molar-refractivity contribution in [2.45, 2.75) is 6.54 Å². The number of thiazole rings is 1. The molecule has 13 heavy (non-hydrogen) atoms. The zero-order valence-electron chi connectivity index (χ0n) is 7.28. The van der Waals surface area contributed by atoms with Crippen molar-refractivity contribution in [2.24, 2.45) is 0 Å². The molecule has 0 fully saturated rings. The Morgan fingerprint density at radius 1 is 1.62 bits per heavy atom. The molecule has 1 N–H and O–H groups in total. The van der Waals surface area contributed by atoms with Crippen LogP contribution in [0.3, 0.4) is 0 Å². The Balaban J connectivity index is 2.23. The van der Waals surface area contributed by atoms with Crippen LogP contribution in [0.2, 0.25) is 0 Å². The second kappa shape index (κ2) is 3.72. The van der Waals surface area contributed by atoms with Crippen LogP contribution in [0.15, 0.2) is 29.2 Å². The molecule has 2 rings (SSSR count). The van der Waals surface area contributed by atoms with Crippen LogP contribution in [-0.2, 0) is 6.54 Å². The van der Waals surface area contributed by atoms with Crippen LogP contribution in [0.25, 0.3) is 10.6 Å². The Kier molecular flexibility index (Phi) is 2.42. The van der Waals surface area contributed by atoms with E-state index in [-0.39, 0.29) is 0 Å². The van der Waals surface area contributed by atoms with Gasteiger partial charge in [-0.3, -0.25) is 0 Å². The largest absolute Gasteiger partial charge is 0.472 e. The fraction of sp³-hybridized carbons (Fsp3) is 0.222. The van der Waals surface area contributed by atoms with Gasteiger partial charge in [0.1, 0.15) is 11.3 Å². The van der Waals surface area contributed by atoms with Gasteiger partial charge >= 0.3 is 0 Å². The number of hydrogen-bond acceptors (Lipinski definition) is 4. The fourth-order valence-corrected chi connectivity index (χ4v) is 1.99. The molecule has 3 nitrogen and oxygen atoms in total. The lowest BCUT2D eigenvalue weighted by atomic mass is 10.4. The van der Waals surface area contributed by atoms with Gasteiger partial charge in [-0.15, -0.1) is 11.3 Å². The maximum absolute atomic E-state index is 4.99. The predicted molar refractivity (Wildman–Crippen MR) is 52.6 cm³/mol. The van der Waals surface area contributed by atoms with Gasteiger partial charge in [0.15, 0.2) is 0 Å². The molecule has 0 aliphatic rings. The molecule has 0 saturated heterocycles. The normalized spacial score (nSPS) is 10.5. The van der Waals surface area contributed by atoms with E-state index in [4.69, 9.17) is 4.42 Å². The summed E-state index contributed by atoms with van der Waals surface area (Å²) in [6.07, 6.45) is 5.26. The first-order valence-corrected chi connectivity index (χ1v) is 4.83. The Morgan fingerprint density at radius 3 is 3.23 bits per heavy atom. The lowest BCUT2D eigenvalue weighted by molar-refractivity contribution is 0.568. The number of furan rings is 1. The van der Waals surface area contributed by atoms with E-state index in [1.807, 2.05) is 19.3 Å². The Morgan fingerprint density at radius 2 is 2.54 bits per heavy atom. The Hall–Kier alpha value is -1.13. The number of aromatic nitrogens is 1. The first kappa shape index (κ1) is 8.47. The molecule has 0 amide bonds. The minimum atomic E-state index is 0.871. The number of nitrogens with one attached hydrogen (secondary N) is 1. The highest BCUT2D eigenvalue weighted by Gasteiger charge is 2.04. The maximum Gasteiger partial charge on any atom is 0.126 e. The summed E-state index contributed by atoms with van der Waals surface area (Å²) in [5.74, 6) is 0. The van der Waals surface area contributed by atoms with E-state index < -0.39 is 0 Å². The first-order valence-electron chi connectivity index (χ1n) is 4.02. The van der Waals surface area contributed by atoms with Crippen molar-refractivity contribution in [1.82, 2.24) is 10.3 Å². The summed E-state index contributed by atoms with van der Waals surface area (Å²) in [5, 5.41) is 4.10. The predicted octanol–water partition coefficient (Wildman–Crippen LogP) is 2.12. The Labute approximate surface area is 80.4 Å². The van der Waals surface area contributed by atoms with Crippen molar-refractivity contribution in [3.8, 4) is 10.6 Å². The van der Waals surface area contributed by atoms with Gasteiger partial charge in [-0.05, 0) is 13.1 Å². The van der Waals surface area contributed by atoms with E-state index in [1.54, 1.807) is 23.9 Å². The molecule has 0 bridgehead atoms. The lowest BCUT2D eigenvalue weighted by Gasteiger charge is -1.89. The minimum Gasteiger partial charge on any atom is -0.472 e. The van der Waals surface area contributed by atoms with Gasteiger partial charge in [-0.1, -0.05) is 0 Å². The van der Waals surface area contributed by atoms with E-state index in [2.05, 4.69) is 10.3 Å². The molecule has 68 valence electrons. The van der Waals surface area contributed by atoms with Gasteiger partial charge in [0, 0.05) is 23.2 Å². The smallest absolute Gasteiger partial charge is 0.126 e. The van der Waals surface area contributed by atoms with E-state index in [9.17, 15) is 0 Å². The van der Waals surface area contributed by atoms with Gasteiger partial charge < -0.3 is 9.73 Å². The molecule has 2 aromatic heterocycles. The van der Waals surface area contributed by atoms with E-state index in [1.165, 1.54) is 4.88 Å². The summed E-state index contributed by atoms with van der Waals surface area (Å²) in [4.78, 5) is 5.53. The monoisotopic (exact) mass is 194 g/mol. The number of nitrogens with zero attached hydrogens (tertiary/aromatic N) is 1. The van der Waals surface area contributed by atoms with Crippen molar-refractivity contribution >= 4 is 11.3 Å². The summed E-state index contributed by atoms with van der Waals surface area (Å²) < 4.78 is 4.99. The molecule has 0 saturated carbocycles. The van der Waals surface area contributed by atoms with Crippen LogP contribution in [-0.4, -0.2) is 12.0 Å². The third-order valence-electron chi connectivity index (χ3n) is 1.67. The molecule has 0 atom stereocenters. The van der Waals surface area contributed by atoms with Crippen LogP contribution in [0.4, 0.5) is 0 Å². The number of rotatable bonds is 3. The molecule has 2 heterocycles. The summed E-state index contributed by atoms with van der Waals surface area (Å²) in [6.45, 7) is 0.871. The third kappa shape index (κ3) is 1.79. The summed E-state index contributed by atoms with van der Waals surface area (Å²) >= 11 is 1.68. The summed E-state index contributed by atoms with van der Waals surface area (Å²) in [6, 6.07) is 1.92. The van der Waals surface area contributed by atoms with Crippen molar-refractivity contribution < 1.29 is 4.42 Å². The molecular weight excluding hydrogens is 184 g/mol. The van der Waals surface area contributed by atoms with Crippen LogP contribution < -0.4 is 5.32 Å². The van der Waals surface area contributed by atoms with Crippen molar-refractivity contribution in [3.05, 3.63) is 29.7 Å². The highest BCUT2D eigenvalue weighted by Crippen LogP contribution is 2.24. The molecule has 0 radical (unpaired) electrons. The first-order chi connectivity index (χ1) is 6.40. The molecule has 0 aromatic carbocycles. The van der Waals surface area contributed by atoms with Crippen molar-refractivity contribution in [3.63, 3.8) is 0 Å². The zero-order chi connectivity index (χ0) is 9.10. The van der Waals surface area contributed by atoms with Gasteiger partial charge in [0.2, 0.25) is 0 Å². The van der Waals surface area contributed by atoms with Crippen LogP contribution in [0.1, 0.15) is 4.88 Å². The van der Waals surface area contributed by atoms with Crippen LogP contribution >= 0.6 is 11.3 Å². The quantitative estimate of drug-likeness (QED) is 0.813. The SMILES string of the molecule is CNCc1cnc(-c2ccoc2)s1. The minimum absolute atomic E-state index is 0.871. The molecular formula is C9H10N2OS. The Bertz CT molecular complexity index is 367. The topological polar surface area (TPSA) is 38.1 Å². The third-order valence-corrected chi connectivity index (χ3v) is 2.72. The van der Waals surface area contributed by atoms with Gasteiger partial charge in [-0.2, -0.15) is 0 Å². The molecule has 0 aliphatic heterocycles. The van der Waals surface area contributed by atoms with Gasteiger partial charge in [0.05, 0.1) is 6.26 Å². The second-order valence-electron chi connectivity index (χ2n) is 2.67. The van der Waals surface area contributed by atoms with Crippen molar-refractivity contribution in [2.75, 3.05) is 7.05 Å². The average Bonchev–Trinajstić information content (AvgIpc) is 2.70. The average molecular weight is 194 g/mol. The fourth-order valence-electron chi connectivity index (χ4n) is 1.08. The summed E-state index contributed by atoms with van der Waals surface area (Å²) in [7, 11) is 1.93. The molecule has 4 heteroatoms. The second-order valence-corrected chi connectivity index (χ2v) is 3.79. The van der Waals surface area contributed by atoms with Gasteiger partial charge in [0.25, 0.3) is 0 Å². The van der Waals surface area contributed by atoms with E-state index >= 15 is 0 Å². The van der Waals surface area contributed by atoms with Crippen LogP contribution in [0.5, 0.6) is 0 Å². The number of hydrogen-bond donors (Lipinski definition) is 1. The maximum atomic E-state index is 4.99. The van der Waals surface area contributed by atoms with Crippen LogP contribution in [0, 0.1) is 0 Å². The zero-order valence-corrected chi connectivity index (χ0v) is 8.10. The highest BCUT2D eigenvalue weighted by molar-refractivity contribution is 7.15. The van der Waals surface area contributed by atoms with Crippen molar-refractivity contribution in [1.29, 1.82) is 0 Å². The standard InChI is InChI=1S/C9H10N2OS/c1-10-4-8-5-11-9(13-8)7-2-3-12-6-7/h2-3,5-6,10H,4H2,1H3. The van der Waals surface area contributed by atoms with E-state index in [0.717, 1.165) is 17.1 Å². The van der Waals surface area contributed by atoms with E-state index in [0.29, 0.717) is 0 Å². The highest BCUT2D eigenvalue weighted by atomic mass is 32.1. The molecule has 0 aliphatic carbocycles. The van der Waals surface area contributed by atoms with Gasteiger partial charge in [-0.25, -0.2) is 4.98 Å². The lowest BCUT2D eigenvalue weighted by Crippen LogP contribution is -2.02. The molecule has 0 unspecified atom stereocenters.